The third-order valence-electron chi connectivity index (χ3n) is 2.11. The Bertz CT molecular complexity index is 351. The number of alkyl halides is 13. The molecule has 0 nitrogen and oxygen atoms in total. The van der Waals surface area contributed by atoms with Gasteiger partial charge in [-0.2, -0.15) is 35.1 Å². The lowest BCUT2D eigenvalue weighted by Crippen LogP contribution is -2.68. The van der Waals surface area contributed by atoms with Crippen LogP contribution in [0, 0.1) is 0 Å². The molecule has 13 heteroatoms. The third-order valence-corrected chi connectivity index (χ3v) is 2.98. The van der Waals surface area contributed by atoms with Crippen molar-refractivity contribution >= 4 is 23.2 Å². The largest absolute Gasteiger partial charge is 0.384 e. The van der Waals surface area contributed by atoms with Gasteiger partial charge in [0.1, 0.15) is 0 Å². The number of rotatable bonds is 6. The van der Waals surface area contributed by atoms with Crippen molar-refractivity contribution in [1.29, 1.82) is 0 Å². The summed E-state index contributed by atoms with van der Waals surface area (Å²) in [6.07, 6.45) is -5.42. The molecule has 0 aliphatic carbocycles. The molecule has 1 atom stereocenters. The van der Waals surface area contributed by atoms with Crippen LogP contribution in [-0.4, -0.2) is 41.1 Å². The Morgan fingerprint density at radius 1 is 0.700 bits per heavy atom. The van der Waals surface area contributed by atoms with Gasteiger partial charge in [0.25, 0.3) is 5.13 Å². The molecule has 0 bridgehead atoms. The average Bonchev–Trinajstić information content (AvgIpc) is 2.27. The van der Waals surface area contributed by atoms with Crippen molar-refractivity contribution < 1.29 is 48.3 Å². The van der Waals surface area contributed by atoms with Crippen LogP contribution in [0.1, 0.15) is 0 Å². The maximum atomic E-state index is 12.9. The molecular weight excluding hydrogens is 364 g/mol. The average molecular weight is 367 g/mol. The van der Waals surface area contributed by atoms with E-state index >= 15 is 0 Å². The Morgan fingerprint density at radius 2 is 1.05 bits per heavy atom. The van der Waals surface area contributed by atoms with Crippen molar-refractivity contribution in [2.45, 2.75) is 35.2 Å². The first-order valence-electron chi connectivity index (χ1n) is 4.24. The van der Waals surface area contributed by atoms with Crippen molar-refractivity contribution in [1.82, 2.24) is 0 Å². The summed E-state index contributed by atoms with van der Waals surface area (Å²) in [7, 11) is 0. The second kappa shape index (κ2) is 5.22. The zero-order valence-corrected chi connectivity index (χ0v) is 10.2. The normalized spacial score (nSPS) is 18.3. The highest BCUT2D eigenvalue weighted by molar-refractivity contribution is 6.30. The van der Waals surface area contributed by atoms with Crippen molar-refractivity contribution in [3.05, 3.63) is 0 Å². The Hall–Kier alpha value is -0.190. The van der Waals surface area contributed by atoms with E-state index in [1.807, 2.05) is 0 Å². The van der Waals surface area contributed by atoms with Gasteiger partial charge >= 0.3 is 30.1 Å². The predicted molar refractivity (Wildman–Crippen MR) is 46.2 cm³/mol. The van der Waals surface area contributed by atoms with E-state index in [0.717, 1.165) is 0 Å². The second-order valence-electron chi connectivity index (χ2n) is 3.48. The van der Waals surface area contributed by atoms with Crippen LogP contribution in [-0.2, 0) is 0 Å². The lowest BCUT2D eigenvalue weighted by Gasteiger charge is -2.39. The standard InChI is InChI=1S/C7H3Cl2F11/c8-1-3(9,12)5(15,16)7(19,20)6(17,18)4(13,14)2(10)11/h2H,1H2. The van der Waals surface area contributed by atoms with Gasteiger partial charge in [0.15, 0.2) is 0 Å². The van der Waals surface area contributed by atoms with Crippen molar-refractivity contribution in [3.8, 4) is 0 Å². The molecule has 0 saturated heterocycles. The molecule has 122 valence electrons. The summed E-state index contributed by atoms with van der Waals surface area (Å²) in [6, 6.07) is 0. The van der Waals surface area contributed by atoms with E-state index < -0.39 is 41.1 Å². The molecule has 0 aromatic carbocycles. The fourth-order valence-corrected chi connectivity index (χ4v) is 1.14. The van der Waals surface area contributed by atoms with Crippen LogP contribution in [0.4, 0.5) is 48.3 Å². The molecule has 0 N–H and O–H groups in total. The molecule has 0 aromatic heterocycles. The van der Waals surface area contributed by atoms with Crippen molar-refractivity contribution in [2.24, 2.45) is 0 Å². The molecule has 0 heterocycles. The molecule has 0 aliphatic heterocycles. The quantitative estimate of drug-likeness (QED) is 0.461. The molecule has 0 aromatic rings. The molecule has 0 rings (SSSR count). The lowest BCUT2D eigenvalue weighted by atomic mass is 9.96. The highest BCUT2D eigenvalue weighted by Crippen LogP contribution is 2.58. The zero-order chi connectivity index (χ0) is 16.8. The number of halogens is 13. The van der Waals surface area contributed by atoms with Gasteiger partial charge in [-0.1, -0.05) is 11.6 Å². The van der Waals surface area contributed by atoms with Gasteiger partial charge in [-0.25, -0.2) is 13.2 Å². The topological polar surface area (TPSA) is 0 Å². The monoisotopic (exact) mass is 366 g/mol. The van der Waals surface area contributed by atoms with Crippen LogP contribution in [0.2, 0.25) is 0 Å². The van der Waals surface area contributed by atoms with Gasteiger partial charge < -0.3 is 0 Å². The molecule has 0 amide bonds. The summed E-state index contributed by atoms with van der Waals surface area (Å²) in [5, 5.41) is -5.07. The highest BCUT2D eigenvalue weighted by atomic mass is 35.5. The number of hydrogen-bond acceptors (Lipinski definition) is 0. The van der Waals surface area contributed by atoms with Crippen LogP contribution in [0.3, 0.4) is 0 Å². The van der Waals surface area contributed by atoms with Crippen LogP contribution in [0.25, 0.3) is 0 Å². The van der Waals surface area contributed by atoms with Crippen LogP contribution in [0.5, 0.6) is 0 Å². The molecule has 0 aliphatic rings. The maximum Gasteiger partial charge on any atom is 0.384 e. The molecule has 0 saturated carbocycles. The van der Waals surface area contributed by atoms with E-state index in [0.29, 0.717) is 0 Å². The predicted octanol–water partition coefficient (Wildman–Crippen LogP) is 4.94. The van der Waals surface area contributed by atoms with Gasteiger partial charge in [-0.05, 0) is 0 Å². The smallest absolute Gasteiger partial charge is 0.218 e. The van der Waals surface area contributed by atoms with Crippen LogP contribution < -0.4 is 0 Å². The Labute approximate surface area is 113 Å². The molecular formula is C7H3Cl2F11. The maximum absolute atomic E-state index is 12.9. The molecule has 0 fully saturated rings. The number of hydrogen-bond donors (Lipinski definition) is 0. The summed E-state index contributed by atoms with van der Waals surface area (Å²) in [4.78, 5) is 0. The molecule has 0 spiro atoms. The highest BCUT2D eigenvalue weighted by Gasteiger charge is 2.86. The minimum absolute atomic E-state index is 2.20. The zero-order valence-electron chi connectivity index (χ0n) is 8.70. The summed E-state index contributed by atoms with van der Waals surface area (Å²) in [5.74, 6) is -30.3. The fourth-order valence-electron chi connectivity index (χ4n) is 0.857. The molecule has 1 unspecified atom stereocenters. The van der Waals surface area contributed by atoms with E-state index in [1.54, 1.807) is 0 Å². The summed E-state index contributed by atoms with van der Waals surface area (Å²) in [6.45, 7) is 0. The first-order valence-corrected chi connectivity index (χ1v) is 5.15. The first kappa shape index (κ1) is 19.8. The van der Waals surface area contributed by atoms with E-state index in [4.69, 9.17) is 0 Å². The Kier molecular flexibility index (Phi) is 5.17. The van der Waals surface area contributed by atoms with Gasteiger partial charge in [0.05, 0.1) is 5.88 Å². The van der Waals surface area contributed by atoms with Gasteiger partial charge in [0.2, 0.25) is 0 Å². The van der Waals surface area contributed by atoms with Crippen LogP contribution >= 0.6 is 23.2 Å². The van der Waals surface area contributed by atoms with Crippen LogP contribution in [0.15, 0.2) is 0 Å². The summed E-state index contributed by atoms with van der Waals surface area (Å²) in [5.41, 5.74) is 0. The summed E-state index contributed by atoms with van der Waals surface area (Å²) < 4.78 is 138. The first-order chi connectivity index (χ1) is 8.50. The third kappa shape index (κ3) is 2.51. The minimum atomic E-state index is -7.30. The fraction of sp³-hybridized carbons (Fsp3) is 1.00. The van der Waals surface area contributed by atoms with Gasteiger partial charge in [-0.15, -0.1) is 11.6 Å². The van der Waals surface area contributed by atoms with E-state index in [1.165, 1.54) is 0 Å². The van der Waals surface area contributed by atoms with Gasteiger partial charge in [0, 0.05) is 0 Å². The van der Waals surface area contributed by atoms with Crippen molar-refractivity contribution in [2.75, 3.05) is 5.88 Å². The van der Waals surface area contributed by atoms with E-state index in [-0.39, 0.29) is 0 Å². The second-order valence-corrected chi connectivity index (χ2v) is 4.35. The van der Waals surface area contributed by atoms with E-state index in [2.05, 4.69) is 23.2 Å². The molecule has 20 heavy (non-hydrogen) atoms. The van der Waals surface area contributed by atoms with Gasteiger partial charge in [-0.3, -0.25) is 0 Å². The summed E-state index contributed by atoms with van der Waals surface area (Å²) >= 11 is 8.55. The Balaban J connectivity index is 5.98. The SMILES string of the molecule is FC(F)C(F)(F)C(F)(F)C(F)(F)C(F)(F)C(F)(Cl)CCl. The van der Waals surface area contributed by atoms with E-state index in [9.17, 15) is 48.3 Å². The Morgan fingerprint density at radius 3 is 1.30 bits per heavy atom. The minimum Gasteiger partial charge on any atom is -0.218 e. The van der Waals surface area contributed by atoms with Crippen molar-refractivity contribution in [3.63, 3.8) is 0 Å². The lowest BCUT2D eigenvalue weighted by molar-refractivity contribution is -0.393. The molecule has 0 radical (unpaired) electrons.